The van der Waals surface area contributed by atoms with E-state index in [9.17, 15) is 20.4 Å². The highest BCUT2D eigenvalue weighted by atomic mass is 16.5. The first-order valence-electron chi connectivity index (χ1n) is 11.7. The molecule has 192 valence electrons. The SMILES string of the molecule is CCOc1cc(CNc2ccc(C(=N)N)cc2)c(O[C@@H]2C[C@H](CO)[C@@H](O)[C@H](O)[C@H]2O)cc1OCC. The third kappa shape index (κ3) is 6.34. The molecule has 35 heavy (non-hydrogen) atoms. The lowest BCUT2D eigenvalue weighted by Crippen LogP contribution is -2.56. The Morgan fingerprint density at radius 3 is 2.17 bits per heavy atom. The van der Waals surface area contributed by atoms with E-state index in [1.54, 1.807) is 24.3 Å². The van der Waals surface area contributed by atoms with Gasteiger partial charge in [0.15, 0.2) is 11.5 Å². The van der Waals surface area contributed by atoms with Crippen molar-refractivity contribution in [1.29, 1.82) is 5.41 Å². The highest BCUT2D eigenvalue weighted by Crippen LogP contribution is 2.38. The van der Waals surface area contributed by atoms with Gasteiger partial charge in [0.1, 0.15) is 29.9 Å². The summed E-state index contributed by atoms with van der Waals surface area (Å²) in [4.78, 5) is 0. The number of nitrogens with one attached hydrogen (secondary N) is 2. The Kier molecular flexibility index (Phi) is 9.16. The Hall–Kier alpha value is -3.05. The van der Waals surface area contributed by atoms with Crippen molar-refractivity contribution in [2.75, 3.05) is 25.1 Å². The highest BCUT2D eigenvalue weighted by molar-refractivity contribution is 5.95. The molecular formula is C25H35N3O7. The fourth-order valence-corrected chi connectivity index (χ4v) is 4.07. The molecule has 0 heterocycles. The van der Waals surface area contributed by atoms with Gasteiger partial charge in [0.25, 0.3) is 0 Å². The second kappa shape index (κ2) is 12.1. The maximum absolute atomic E-state index is 10.5. The molecule has 0 saturated heterocycles. The van der Waals surface area contributed by atoms with Gasteiger partial charge in [0.05, 0.1) is 19.3 Å². The Morgan fingerprint density at radius 1 is 0.971 bits per heavy atom. The van der Waals surface area contributed by atoms with Crippen LogP contribution in [0, 0.1) is 11.3 Å². The number of rotatable bonds is 11. The molecule has 10 heteroatoms. The summed E-state index contributed by atoms with van der Waals surface area (Å²) >= 11 is 0. The minimum atomic E-state index is -1.44. The predicted octanol–water partition coefficient (Wildman–Crippen LogP) is 1.22. The van der Waals surface area contributed by atoms with Crippen LogP contribution in [-0.2, 0) is 6.54 Å². The van der Waals surface area contributed by atoms with E-state index in [0.29, 0.717) is 48.1 Å². The number of nitrogens with two attached hydrogens (primary N) is 1. The monoisotopic (exact) mass is 489 g/mol. The molecule has 5 atom stereocenters. The average Bonchev–Trinajstić information content (AvgIpc) is 2.85. The van der Waals surface area contributed by atoms with E-state index >= 15 is 0 Å². The molecule has 10 nitrogen and oxygen atoms in total. The number of hydrogen-bond acceptors (Lipinski definition) is 9. The number of aliphatic hydroxyl groups excluding tert-OH is 4. The van der Waals surface area contributed by atoms with Crippen LogP contribution in [0.4, 0.5) is 5.69 Å². The van der Waals surface area contributed by atoms with Crippen molar-refractivity contribution in [2.45, 2.75) is 51.2 Å². The summed E-state index contributed by atoms with van der Waals surface area (Å²) in [5.74, 6) is 0.782. The molecule has 0 unspecified atom stereocenters. The maximum atomic E-state index is 10.5. The van der Waals surface area contributed by atoms with Gasteiger partial charge in [-0.3, -0.25) is 5.41 Å². The maximum Gasteiger partial charge on any atom is 0.164 e. The zero-order chi connectivity index (χ0) is 25.5. The first-order valence-corrected chi connectivity index (χ1v) is 11.7. The second-order valence-corrected chi connectivity index (χ2v) is 8.42. The van der Waals surface area contributed by atoms with Crippen molar-refractivity contribution in [2.24, 2.45) is 11.7 Å². The first kappa shape index (κ1) is 26.6. The smallest absolute Gasteiger partial charge is 0.164 e. The van der Waals surface area contributed by atoms with E-state index < -0.39 is 30.3 Å². The summed E-state index contributed by atoms with van der Waals surface area (Å²) in [6, 6.07) is 10.6. The minimum absolute atomic E-state index is 0.0142. The molecule has 2 aromatic carbocycles. The molecule has 2 aromatic rings. The molecule has 0 bridgehead atoms. The van der Waals surface area contributed by atoms with Gasteiger partial charge in [-0.25, -0.2) is 0 Å². The van der Waals surface area contributed by atoms with E-state index in [4.69, 9.17) is 25.4 Å². The van der Waals surface area contributed by atoms with Crippen LogP contribution in [0.15, 0.2) is 36.4 Å². The summed E-state index contributed by atoms with van der Waals surface area (Å²) in [5.41, 5.74) is 7.64. The number of nitrogen functional groups attached to an aromatic ring is 1. The van der Waals surface area contributed by atoms with E-state index in [0.717, 1.165) is 5.69 Å². The highest BCUT2D eigenvalue weighted by Gasteiger charge is 2.43. The van der Waals surface area contributed by atoms with Gasteiger partial charge in [-0.15, -0.1) is 0 Å². The quantitative estimate of drug-likeness (QED) is 0.181. The third-order valence-corrected chi connectivity index (χ3v) is 6.02. The first-order chi connectivity index (χ1) is 16.8. The molecule has 0 aromatic heterocycles. The van der Waals surface area contributed by atoms with Gasteiger partial charge in [-0.1, -0.05) is 0 Å². The number of amidine groups is 1. The second-order valence-electron chi connectivity index (χ2n) is 8.42. The van der Waals surface area contributed by atoms with Gasteiger partial charge in [0.2, 0.25) is 0 Å². The van der Waals surface area contributed by atoms with Gasteiger partial charge in [-0.2, -0.15) is 0 Å². The molecule has 0 radical (unpaired) electrons. The lowest BCUT2D eigenvalue weighted by Gasteiger charge is -2.40. The van der Waals surface area contributed by atoms with Crippen molar-refractivity contribution < 1.29 is 34.6 Å². The van der Waals surface area contributed by atoms with Gasteiger partial charge >= 0.3 is 0 Å². The number of benzene rings is 2. The topological polar surface area (TPSA) is 171 Å². The van der Waals surface area contributed by atoms with Crippen molar-refractivity contribution >= 4 is 11.5 Å². The number of anilines is 1. The number of aliphatic hydroxyl groups is 4. The molecule has 3 rings (SSSR count). The number of ether oxygens (including phenoxy) is 3. The Morgan fingerprint density at radius 2 is 1.60 bits per heavy atom. The lowest BCUT2D eigenvalue weighted by molar-refractivity contribution is -0.157. The summed E-state index contributed by atoms with van der Waals surface area (Å²) < 4.78 is 17.6. The average molecular weight is 490 g/mol. The summed E-state index contributed by atoms with van der Waals surface area (Å²) in [6.45, 7) is 4.55. The van der Waals surface area contributed by atoms with Crippen LogP contribution < -0.4 is 25.3 Å². The minimum Gasteiger partial charge on any atom is -0.490 e. The zero-order valence-corrected chi connectivity index (χ0v) is 20.0. The molecule has 1 saturated carbocycles. The van der Waals surface area contributed by atoms with E-state index in [1.807, 2.05) is 26.0 Å². The fourth-order valence-electron chi connectivity index (χ4n) is 4.07. The lowest BCUT2D eigenvalue weighted by atomic mass is 9.81. The normalized spacial score (nSPS) is 24.0. The van der Waals surface area contributed by atoms with E-state index in [2.05, 4.69) is 5.32 Å². The van der Waals surface area contributed by atoms with Crippen molar-refractivity contribution in [3.8, 4) is 17.2 Å². The van der Waals surface area contributed by atoms with Crippen LogP contribution in [0.3, 0.4) is 0 Å². The van der Waals surface area contributed by atoms with Crippen LogP contribution in [0.25, 0.3) is 0 Å². The van der Waals surface area contributed by atoms with Crippen molar-refractivity contribution in [3.63, 3.8) is 0 Å². The molecule has 1 aliphatic carbocycles. The molecule has 1 aliphatic rings. The fraction of sp³-hybridized carbons (Fsp3) is 0.480. The van der Waals surface area contributed by atoms with Crippen LogP contribution in [0.2, 0.25) is 0 Å². The largest absolute Gasteiger partial charge is 0.490 e. The van der Waals surface area contributed by atoms with Crippen LogP contribution in [0.5, 0.6) is 17.2 Å². The third-order valence-electron chi connectivity index (χ3n) is 6.02. The van der Waals surface area contributed by atoms with E-state index in [1.165, 1.54) is 0 Å². The van der Waals surface area contributed by atoms with Crippen molar-refractivity contribution in [3.05, 3.63) is 47.5 Å². The van der Waals surface area contributed by atoms with Crippen LogP contribution in [0.1, 0.15) is 31.4 Å². The summed E-state index contributed by atoms with van der Waals surface area (Å²) in [5, 5.41) is 51.4. The Balaban J connectivity index is 1.90. The Bertz CT molecular complexity index is 984. The summed E-state index contributed by atoms with van der Waals surface area (Å²) in [7, 11) is 0. The molecular weight excluding hydrogens is 454 g/mol. The molecule has 0 amide bonds. The van der Waals surface area contributed by atoms with Gasteiger partial charge < -0.3 is 45.7 Å². The van der Waals surface area contributed by atoms with Gasteiger partial charge in [-0.05, 0) is 50.6 Å². The van der Waals surface area contributed by atoms with E-state index in [-0.39, 0.29) is 18.9 Å². The molecule has 8 N–H and O–H groups in total. The predicted molar refractivity (Wildman–Crippen MR) is 131 cm³/mol. The molecule has 0 spiro atoms. The van der Waals surface area contributed by atoms with Crippen LogP contribution in [-0.4, -0.2) is 70.5 Å². The molecule has 0 aliphatic heterocycles. The number of hydrogen-bond donors (Lipinski definition) is 7. The van der Waals surface area contributed by atoms with Gasteiger partial charge in [0, 0.05) is 42.0 Å². The zero-order valence-electron chi connectivity index (χ0n) is 20.0. The summed E-state index contributed by atoms with van der Waals surface area (Å²) in [6.07, 6.45) is -4.72. The molecule has 1 fully saturated rings. The van der Waals surface area contributed by atoms with Crippen LogP contribution >= 0.6 is 0 Å². The Labute approximate surface area is 204 Å². The standard InChI is InChI=1S/C25H35N3O7/c1-3-33-19-9-15(12-28-17-7-5-14(6-8-17)25(26)27)18(11-20(19)34-4-2)35-21-10-16(13-29)22(30)24(32)23(21)31/h5-9,11,16,21-24,28-32H,3-4,10,12-13H2,1-2H3,(H3,26,27)/t16-,21-,22-,23+,24+/m1/s1. The van der Waals surface area contributed by atoms with Crippen molar-refractivity contribution in [1.82, 2.24) is 0 Å².